The molecule has 0 aromatic heterocycles. The average Bonchev–Trinajstić information content (AvgIpc) is 3.17. The van der Waals surface area contributed by atoms with Crippen molar-refractivity contribution in [1.29, 1.82) is 0 Å². The molecule has 2 atom stereocenters. The number of carbonyl (C=O) groups excluding carboxylic acids is 1. The summed E-state index contributed by atoms with van der Waals surface area (Å²) in [6, 6.07) is 9.26. The molecule has 5 rings (SSSR count). The van der Waals surface area contributed by atoms with E-state index in [0.717, 1.165) is 49.2 Å². The van der Waals surface area contributed by atoms with Gasteiger partial charge in [0.25, 0.3) is 0 Å². The fraction of sp³-hybridized carbons (Fsp3) is 0.500. The number of anilines is 1. The Morgan fingerprint density at radius 1 is 1.27 bits per heavy atom. The van der Waals surface area contributed by atoms with E-state index >= 15 is 0 Å². The molecule has 2 heterocycles. The molecule has 0 spiro atoms. The zero-order valence-corrected chi connectivity index (χ0v) is 19.1. The van der Waals surface area contributed by atoms with Crippen LogP contribution < -0.4 is 20.5 Å². The molecule has 3 aliphatic rings. The Hall–Kier alpha value is -2.80. The molecular weight excluding hydrogens is 421 g/mol. The zero-order chi connectivity index (χ0) is 22.9. The Bertz CT molecular complexity index is 1040. The van der Waals surface area contributed by atoms with Crippen LogP contribution in [0.3, 0.4) is 0 Å². The van der Waals surface area contributed by atoms with Crippen molar-refractivity contribution in [2.75, 3.05) is 32.1 Å². The molecule has 2 aliphatic heterocycles. The van der Waals surface area contributed by atoms with Gasteiger partial charge in [0, 0.05) is 41.4 Å². The standard InChI is InChI=1S/C26H32FN3O3/c1-32-24-10-8-20(26(28)31)22-13-19(15-33-25(22)24)30(18-5-2-6-18)11-3-4-16-14-29-23-9-7-17(27)12-21(16)23/h7-10,12,16,18-19,29H,2-6,11,13-15H2,1H3,(H2,28,31)/t16-,19+/m0/s1. The Labute approximate surface area is 194 Å². The minimum Gasteiger partial charge on any atom is -0.493 e. The van der Waals surface area contributed by atoms with Gasteiger partial charge in [-0.25, -0.2) is 4.39 Å². The molecule has 1 amide bonds. The summed E-state index contributed by atoms with van der Waals surface area (Å²) in [7, 11) is 1.61. The number of hydrogen-bond donors (Lipinski definition) is 2. The van der Waals surface area contributed by atoms with E-state index in [-0.39, 0.29) is 11.9 Å². The monoisotopic (exact) mass is 453 g/mol. The lowest BCUT2D eigenvalue weighted by molar-refractivity contribution is 0.0417. The first-order valence-corrected chi connectivity index (χ1v) is 12.0. The van der Waals surface area contributed by atoms with Crippen molar-refractivity contribution < 1.29 is 18.7 Å². The van der Waals surface area contributed by atoms with E-state index in [4.69, 9.17) is 15.2 Å². The minimum absolute atomic E-state index is 0.169. The van der Waals surface area contributed by atoms with Gasteiger partial charge in [0.2, 0.25) is 5.91 Å². The fourth-order valence-corrected chi connectivity index (χ4v) is 5.58. The number of methoxy groups -OCH3 is 1. The molecule has 0 unspecified atom stereocenters. The first-order valence-electron chi connectivity index (χ1n) is 12.0. The Morgan fingerprint density at radius 2 is 2.12 bits per heavy atom. The number of ether oxygens (including phenoxy) is 2. The topological polar surface area (TPSA) is 76.8 Å². The number of nitrogens with one attached hydrogen (secondary N) is 1. The number of amides is 1. The third-order valence-electron chi connectivity index (χ3n) is 7.54. The third kappa shape index (κ3) is 4.26. The maximum atomic E-state index is 13.8. The lowest BCUT2D eigenvalue weighted by atomic mass is 9.87. The highest BCUT2D eigenvalue weighted by atomic mass is 19.1. The first-order chi connectivity index (χ1) is 16.0. The molecule has 3 N–H and O–H groups in total. The van der Waals surface area contributed by atoms with Gasteiger partial charge in [0.15, 0.2) is 11.5 Å². The number of fused-ring (bicyclic) bond motifs is 2. The quantitative estimate of drug-likeness (QED) is 0.630. The summed E-state index contributed by atoms with van der Waals surface area (Å²) in [6.45, 7) is 2.40. The maximum absolute atomic E-state index is 13.8. The van der Waals surface area contributed by atoms with E-state index in [1.54, 1.807) is 25.3 Å². The molecule has 2 aromatic rings. The summed E-state index contributed by atoms with van der Waals surface area (Å²) in [5, 5.41) is 3.41. The van der Waals surface area contributed by atoms with E-state index in [0.29, 0.717) is 35.6 Å². The van der Waals surface area contributed by atoms with Gasteiger partial charge >= 0.3 is 0 Å². The van der Waals surface area contributed by atoms with Crippen molar-refractivity contribution in [1.82, 2.24) is 4.90 Å². The number of benzene rings is 2. The van der Waals surface area contributed by atoms with Crippen LogP contribution >= 0.6 is 0 Å². The molecule has 0 radical (unpaired) electrons. The number of halogens is 1. The summed E-state index contributed by atoms with van der Waals surface area (Å²) in [5.41, 5.74) is 9.19. The molecule has 0 saturated heterocycles. The number of rotatable bonds is 8. The van der Waals surface area contributed by atoms with Crippen LogP contribution in [0.1, 0.15) is 59.5 Å². The normalized spacial score (nSPS) is 21.5. The first kappa shape index (κ1) is 22.0. The molecule has 6 nitrogen and oxygen atoms in total. The van der Waals surface area contributed by atoms with Gasteiger partial charge < -0.3 is 20.5 Å². The van der Waals surface area contributed by atoms with Crippen LogP contribution in [0.4, 0.5) is 10.1 Å². The predicted molar refractivity (Wildman–Crippen MR) is 126 cm³/mol. The molecule has 1 saturated carbocycles. The maximum Gasteiger partial charge on any atom is 0.249 e. The zero-order valence-electron chi connectivity index (χ0n) is 19.1. The van der Waals surface area contributed by atoms with Crippen LogP contribution in [0, 0.1) is 5.82 Å². The molecule has 1 aliphatic carbocycles. The second kappa shape index (κ2) is 9.21. The second-order valence-electron chi connectivity index (χ2n) is 9.43. The lowest BCUT2D eigenvalue weighted by Gasteiger charge is -2.44. The number of carbonyl (C=O) groups is 1. The van der Waals surface area contributed by atoms with E-state index in [9.17, 15) is 9.18 Å². The average molecular weight is 454 g/mol. The summed E-state index contributed by atoms with van der Waals surface area (Å²) in [4.78, 5) is 14.6. The van der Waals surface area contributed by atoms with Crippen LogP contribution in [-0.4, -0.2) is 49.7 Å². The SMILES string of the molecule is COc1ccc(C(N)=O)c2c1OC[C@H](N(CCC[C@H]1CNc3ccc(F)cc31)C1CCC1)C2. The van der Waals surface area contributed by atoms with Gasteiger partial charge in [-0.05, 0) is 74.5 Å². The number of nitrogens with two attached hydrogens (primary N) is 1. The molecule has 0 bridgehead atoms. The highest BCUT2D eigenvalue weighted by Gasteiger charge is 2.35. The number of primary amides is 1. The van der Waals surface area contributed by atoms with Gasteiger partial charge in [-0.3, -0.25) is 9.69 Å². The Balaban J connectivity index is 1.29. The highest BCUT2D eigenvalue weighted by Crippen LogP contribution is 2.40. The van der Waals surface area contributed by atoms with Gasteiger partial charge in [0.05, 0.1) is 7.11 Å². The van der Waals surface area contributed by atoms with Gasteiger partial charge in [-0.2, -0.15) is 0 Å². The summed E-state index contributed by atoms with van der Waals surface area (Å²) in [6.07, 6.45) is 6.41. The van der Waals surface area contributed by atoms with Crippen molar-refractivity contribution in [3.8, 4) is 11.5 Å². The van der Waals surface area contributed by atoms with Crippen molar-refractivity contribution in [3.05, 3.63) is 52.8 Å². The summed E-state index contributed by atoms with van der Waals surface area (Å²) in [5.74, 6) is 1.02. The largest absolute Gasteiger partial charge is 0.493 e. The van der Waals surface area contributed by atoms with E-state index < -0.39 is 5.91 Å². The van der Waals surface area contributed by atoms with E-state index in [1.807, 2.05) is 6.07 Å². The van der Waals surface area contributed by atoms with Crippen LogP contribution in [-0.2, 0) is 6.42 Å². The molecule has 1 fully saturated rings. The Morgan fingerprint density at radius 3 is 2.85 bits per heavy atom. The van der Waals surface area contributed by atoms with Crippen LogP contribution in [0.25, 0.3) is 0 Å². The number of nitrogens with zero attached hydrogens (tertiary/aromatic N) is 1. The lowest BCUT2D eigenvalue weighted by Crippen LogP contribution is -2.51. The molecule has 2 aromatic carbocycles. The molecule has 7 heteroatoms. The van der Waals surface area contributed by atoms with E-state index in [1.165, 1.54) is 25.3 Å². The second-order valence-corrected chi connectivity index (χ2v) is 9.43. The molecule has 176 valence electrons. The Kier molecular flexibility index (Phi) is 6.15. The van der Waals surface area contributed by atoms with Crippen LogP contribution in [0.15, 0.2) is 30.3 Å². The van der Waals surface area contributed by atoms with Gasteiger partial charge in [-0.1, -0.05) is 6.42 Å². The molecule has 33 heavy (non-hydrogen) atoms. The summed E-state index contributed by atoms with van der Waals surface area (Å²) >= 11 is 0. The smallest absolute Gasteiger partial charge is 0.249 e. The van der Waals surface area contributed by atoms with Crippen molar-refractivity contribution in [2.45, 2.75) is 56.5 Å². The van der Waals surface area contributed by atoms with Crippen LogP contribution in [0.2, 0.25) is 0 Å². The highest BCUT2D eigenvalue weighted by molar-refractivity contribution is 5.95. The number of hydrogen-bond acceptors (Lipinski definition) is 5. The van der Waals surface area contributed by atoms with Gasteiger partial charge in [-0.15, -0.1) is 0 Å². The van der Waals surface area contributed by atoms with Crippen molar-refractivity contribution >= 4 is 11.6 Å². The predicted octanol–water partition coefficient (Wildman–Crippen LogP) is 4.08. The van der Waals surface area contributed by atoms with Gasteiger partial charge in [0.1, 0.15) is 12.4 Å². The summed E-state index contributed by atoms with van der Waals surface area (Å²) < 4.78 is 25.4. The van der Waals surface area contributed by atoms with E-state index in [2.05, 4.69) is 10.2 Å². The van der Waals surface area contributed by atoms with Crippen molar-refractivity contribution in [2.24, 2.45) is 5.73 Å². The minimum atomic E-state index is -0.437. The van der Waals surface area contributed by atoms with Crippen molar-refractivity contribution in [3.63, 3.8) is 0 Å². The van der Waals surface area contributed by atoms with Crippen LogP contribution in [0.5, 0.6) is 11.5 Å². The molecular formula is C26H32FN3O3. The third-order valence-corrected chi connectivity index (χ3v) is 7.54. The fourth-order valence-electron chi connectivity index (χ4n) is 5.58.